The van der Waals surface area contributed by atoms with Gasteiger partial charge in [0.1, 0.15) is 0 Å². The lowest BCUT2D eigenvalue weighted by Gasteiger charge is -2.48. The van der Waals surface area contributed by atoms with Gasteiger partial charge < -0.3 is 5.32 Å². The molecule has 3 saturated heterocycles. The van der Waals surface area contributed by atoms with Crippen LogP contribution in [-0.4, -0.2) is 29.9 Å². The largest absolute Gasteiger partial charge is 0.417 e. The van der Waals surface area contributed by atoms with Crippen molar-refractivity contribution in [1.29, 1.82) is 0 Å². The second-order valence-electron chi connectivity index (χ2n) is 7.93. The van der Waals surface area contributed by atoms with Crippen LogP contribution >= 0.6 is 23.2 Å². The monoisotopic (exact) mass is 456 g/mol. The van der Waals surface area contributed by atoms with Gasteiger partial charge in [0, 0.05) is 6.04 Å². The zero-order valence-corrected chi connectivity index (χ0v) is 17.6. The summed E-state index contributed by atoms with van der Waals surface area (Å²) in [7, 11) is 0. The Morgan fingerprint density at radius 3 is 2.30 bits per heavy atom. The molecule has 0 aromatic heterocycles. The van der Waals surface area contributed by atoms with Crippen LogP contribution in [0.15, 0.2) is 42.5 Å². The van der Waals surface area contributed by atoms with Crippen molar-refractivity contribution in [2.45, 2.75) is 37.5 Å². The quantitative estimate of drug-likeness (QED) is 0.614. The minimum absolute atomic E-state index is 0.0761. The van der Waals surface area contributed by atoms with E-state index in [2.05, 4.69) is 10.2 Å². The number of piperidine rings is 3. The summed E-state index contributed by atoms with van der Waals surface area (Å²) in [4.78, 5) is 15.5. The Labute approximate surface area is 183 Å². The molecule has 0 aliphatic carbocycles. The summed E-state index contributed by atoms with van der Waals surface area (Å²) in [5, 5.41) is 2.16. The highest BCUT2D eigenvalue weighted by atomic mass is 35.5. The summed E-state index contributed by atoms with van der Waals surface area (Å²) in [6, 6.07) is 11.1. The van der Waals surface area contributed by atoms with E-state index < -0.39 is 22.7 Å². The van der Waals surface area contributed by atoms with Crippen molar-refractivity contribution in [1.82, 2.24) is 10.2 Å². The third-order valence-electron chi connectivity index (χ3n) is 6.15. The lowest BCUT2D eigenvalue weighted by atomic mass is 9.79. The fourth-order valence-corrected chi connectivity index (χ4v) is 5.26. The number of rotatable bonds is 4. The Morgan fingerprint density at radius 1 is 1.07 bits per heavy atom. The van der Waals surface area contributed by atoms with Crippen molar-refractivity contribution < 1.29 is 18.0 Å². The molecule has 2 bridgehead atoms. The van der Waals surface area contributed by atoms with E-state index in [-0.39, 0.29) is 22.7 Å². The minimum atomic E-state index is -4.68. The maximum absolute atomic E-state index is 13.3. The van der Waals surface area contributed by atoms with E-state index in [1.165, 1.54) is 0 Å². The molecule has 3 aliphatic heterocycles. The number of amides is 1. The van der Waals surface area contributed by atoms with Crippen LogP contribution in [0, 0.1) is 5.92 Å². The molecule has 2 atom stereocenters. The molecule has 160 valence electrons. The normalized spacial score (nSPS) is 24.5. The molecule has 0 saturated carbocycles. The molecular weight excluding hydrogens is 436 g/mol. The van der Waals surface area contributed by atoms with Crippen LogP contribution < -0.4 is 5.32 Å². The number of hydrogen-bond acceptors (Lipinski definition) is 2. The lowest BCUT2D eigenvalue weighted by molar-refractivity contribution is -0.137. The third-order valence-corrected chi connectivity index (χ3v) is 6.85. The van der Waals surface area contributed by atoms with E-state index in [4.69, 9.17) is 23.2 Å². The van der Waals surface area contributed by atoms with E-state index in [9.17, 15) is 18.0 Å². The standard InChI is InChI=1S/C22H21Cl2F3N2O/c23-16-7-6-15(22(25,26)27)19(24)18(16)21(30)28-20(14-4-2-1-3-5-14)17-12-13-8-10-29(17)11-9-13/h1-7,13,17,20H,8-12H2,(H,28,30)/t17-,20-/m0/s1. The van der Waals surface area contributed by atoms with Gasteiger partial charge in [-0.1, -0.05) is 53.5 Å². The molecule has 30 heavy (non-hydrogen) atoms. The van der Waals surface area contributed by atoms with Gasteiger partial charge in [0.2, 0.25) is 0 Å². The molecule has 3 fully saturated rings. The Morgan fingerprint density at radius 2 is 1.73 bits per heavy atom. The third kappa shape index (κ3) is 4.18. The van der Waals surface area contributed by atoms with Crippen LogP contribution in [0.1, 0.15) is 46.8 Å². The minimum Gasteiger partial charge on any atom is -0.344 e. The zero-order chi connectivity index (χ0) is 21.5. The molecule has 1 N–H and O–H groups in total. The zero-order valence-electron chi connectivity index (χ0n) is 16.1. The highest BCUT2D eigenvalue weighted by molar-refractivity contribution is 6.40. The number of fused-ring (bicyclic) bond motifs is 3. The van der Waals surface area contributed by atoms with Gasteiger partial charge in [0.05, 0.1) is 27.2 Å². The highest BCUT2D eigenvalue weighted by Crippen LogP contribution is 2.40. The van der Waals surface area contributed by atoms with Gasteiger partial charge in [-0.15, -0.1) is 0 Å². The number of alkyl halides is 3. The molecule has 0 unspecified atom stereocenters. The summed E-state index contributed by atoms with van der Waals surface area (Å²) in [6.07, 6.45) is -1.47. The van der Waals surface area contributed by atoms with Crippen LogP contribution in [0.2, 0.25) is 10.0 Å². The summed E-state index contributed by atoms with van der Waals surface area (Å²) in [6.45, 7) is 1.92. The Hall–Kier alpha value is -1.76. The summed E-state index contributed by atoms with van der Waals surface area (Å²) < 4.78 is 39.8. The highest BCUT2D eigenvalue weighted by Gasteiger charge is 2.40. The maximum Gasteiger partial charge on any atom is 0.417 e. The van der Waals surface area contributed by atoms with Crippen molar-refractivity contribution in [2.75, 3.05) is 13.1 Å². The van der Waals surface area contributed by atoms with Crippen molar-refractivity contribution in [3.8, 4) is 0 Å². The number of nitrogens with one attached hydrogen (secondary N) is 1. The van der Waals surface area contributed by atoms with Crippen LogP contribution in [0.4, 0.5) is 13.2 Å². The summed E-state index contributed by atoms with van der Waals surface area (Å²) in [5.74, 6) is -0.101. The van der Waals surface area contributed by atoms with Gasteiger partial charge >= 0.3 is 6.18 Å². The van der Waals surface area contributed by atoms with Crippen molar-refractivity contribution in [3.63, 3.8) is 0 Å². The average molecular weight is 457 g/mol. The molecular formula is C22H21Cl2F3N2O. The number of carbonyl (C=O) groups excluding carboxylic acids is 1. The Kier molecular flexibility index (Phi) is 6.02. The molecule has 3 nitrogen and oxygen atoms in total. The van der Waals surface area contributed by atoms with E-state index in [0.29, 0.717) is 5.92 Å². The topological polar surface area (TPSA) is 32.3 Å². The second kappa shape index (κ2) is 8.40. The number of nitrogens with zero attached hydrogens (tertiary/aromatic N) is 1. The average Bonchev–Trinajstić information content (AvgIpc) is 2.72. The van der Waals surface area contributed by atoms with E-state index >= 15 is 0 Å². The number of hydrogen-bond donors (Lipinski definition) is 1. The molecule has 8 heteroatoms. The first kappa shape index (κ1) is 21.5. The van der Waals surface area contributed by atoms with Crippen LogP contribution in [0.5, 0.6) is 0 Å². The molecule has 0 radical (unpaired) electrons. The van der Waals surface area contributed by atoms with Gasteiger partial charge in [-0.2, -0.15) is 13.2 Å². The number of carbonyl (C=O) groups is 1. The van der Waals surface area contributed by atoms with E-state index in [0.717, 1.165) is 50.0 Å². The fourth-order valence-electron chi connectivity index (χ4n) is 4.61. The van der Waals surface area contributed by atoms with Gasteiger partial charge in [-0.25, -0.2) is 0 Å². The first-order chi connectivity index (χ1) is 14.3. The van der Waals surface area contributed by atoms with Gasteiger partial charge in [0.25, 0.3) is 5.91 Å². The van der Waals surface area contributed by atoms with Crippen LogP contribution in [0.25, 0.3) is 0 Å². The van der Waals surface area contributed by atoms with Gasteiger partial charge in [-0.3, -0.25) is 9.69 Å². The molecule has 3 aliphatic rings. The Balaban J connectivity index is 1.68. The number of benzene rings is 2. The molecule has 5 rings (SSSR count). The van der Waals surface area contributed by atoms with Gasteiger partial charge in [-0.05, 0) is 56.0 Å². The summed E-state index contributed by atoms with van der Waals surface area (Å²) in [5.41, 5.74) is -0.511. The van der Waals surface area contributed by atoms with E-state index in [1.54, 1.807) is 0 Å². The molecule has 2 aromatic carbocycles. The fraction of sp³-hybridized carbons (Fsp3) is 0.409. The molecule has 1 amide bonds. The first-order valence-electron chi connectivity index (χ1n) is 9.90. The second-order valence-corrected chi connectivity index (χ2v) is 8.71. The molecule has 0 spiro atoms. The van der Waals surface area contributed by atoms with Gasteiger partial charge in [0.15, 0.2) is 0 Å². The predicted octanol–water partition coefficient (Wildman–Crippen LogP) is 5.97. The first-order valence-corrected chi connectivity index (χ1v) is 10.7. The summed E-state index contributed by atoms with van der Waals surface area (Å²) >= 11 is 12.1. The van der Waals surface area contributed by atoms with Crippen molar-refractivity contribution in [3.05, 3.63) is 69.2 Å². The molecule has 3 heterocycles. The van der Waals surface area contributed by atoms with Crippen molar-refractivity contribution in [2.24, 2.45) is 5.92 Å². The SMILES string of the molecule is O=C(N[C@@H](c1ccccc1)[C@@H]1CC2CCN1CC2)c1c(Cl)ccc(C(F)(F)F)c1Cl. The lowest BCUT2D eigenvalue weighted by Crippen LogP contribution is -2.54. The Bertz CT molecular complexity index is 928. The number of halogens is 5. The van der Waals surface area contributed by atoms with Crippen LogP contribution in [-0.2, 0) is 6.18 Å². The molecule has 2 aromatic rings. The maximum atomic E-state index is 13.3. The van der Waals surface area contributed by atoms with Crippen molar-refractivity contribution >= 4 is 29.1 Å². The van der Waals surface area contributed by atoms with E-state index in [1.807, 2.05) is 30.3 Å². The predicted molar refractivity (Wildman–Crippen MR) is 111 cm³/mol. The van der Waals surface area contributed by atoms with Crippen LogP contribution in [0.3, 0.4) is 0 Å². The smallest absolute Gasteiger partial charge is 0.344 e.